The number of aromatic amines is 1. The zero-order chi connectivity index (χ0) is 8.39. The summed E-state index contributed by atoms with van der Waals surface area (Å²) < 4.78 is 0. The number of hydrogen-bond donors (Lipinski definition) is 2. The fraction of sp³-hybridized carbons (Fsp3) is 0. The summed E-state index contributed by atoms with van der Waals surface area (Å²) >= 11 is 0. The van der Waals surface area contributed by atoms with Crippen LogP contribution in [-0.2, 0) is 0 Å². The maximum atomic E-state index is 5.54. The molecule has 1 heterocycles. The lowest BCUT2D eigenvalue weighted by Gasteiger charge is -1.95. The summed E-state index contributed by atoms with van der Waals surface area (Å²) in [5.41, 5.74) is 8.13. The predicted molar refractivity (Wildman–Crippen MR) is 60.7 cm³/mol. The molecule has 2 aromatic rings. The van der Waals surface area contributed by atoms with Gasteiger partial charge in [-0.3, -0.25) is 0 Å². The highest BCUT2D eigenvalue weighted by molar-refractivity contribution is 5.85. The van der Waals surface area contributed by atoms with E-state index in [2.05, 4.69) is 15.4 Å². The van der Waals surface area contributed by atoms with E-state index in [1.807, 2.05) is 24.3 Å². The van der Waals surface area contributed by atoms with Gasteiger partial charge in [-0.25, -0.2) is 0 Å². The zero-order valence-electron chi connectivity index (χ0n) is 7.18. The first-order chi connectivity index (χ1) is 5.86. The number of nitrogens with two attached hydrogens (primary N) is 1. The molecule has 0 spiro atoms. The standard InChI is InChI=1S/C8H8N4.2ClH/c9-7-3-1-6(2-4-7)8-5-10-12-11-8;;/h1-5H,9H2,(H,10,11,12);2*1H. The largest absolute Gasteiger partial charge is 0.399 e. The molecule has 14 heavy (non-hydrogen) atoms. The van der Waals surface area contributed by atoms with Crippen molar-refractivity contribution in [1.29, 1.82) is 0 Å². The molecule has 0 bridgehead atoms. The van der Waals surface area contributed by atoms with Crippen molar-refractivity contribution in [2.75, 3.05) is 5.73 Å². The Hall–Kier alpha value is -1.26. The summed E-state index contributed by atoms with van der Waals surface area (Å²) in [6, 6.07) is 7.49. The maximum absolute atomic E-state index is 5.54. The summed E-state index contributed by atoms with van der Waals surface area (Å²) in [4.78, 5) is 0. The van der Waals surface area contributed by atoms with Gasteiger partial charge in [0.2, 0.25) is 0 Å². The lowest BCUT2D eigenvalue weighted by atomic mass is 10.1. The minimum Gasteiger partial charge on any atom is -0.399 e. The van der Waals surface area contributed by atoms with Crippen molar-refractivity contribution in [3.8, 4) is 11.3 Å². The van der Waals surface area contributed by atoms with Gasteiger partial charge in [-0.2, -0.15) is 15.4 Å². The van der Waals surface area contributed by atoms with Gasteiger partial charge >= 0.3 is 0 Å². The average Bonchev–Trinajstić information content (AvgIpc) is 2.58. The van der Waals surface area contributed by atoms with Crippen LogP contribution in [0.15, 0.2) is 30.5 Å². The van der Waals surface area contributed by atoms with E-state index in [9.17, 15) is 0 Å². The third kappa shape index (κ3) is 2.61. The number of benzene rings is 1. The molecular formula is C8H10Cl2N4. The number of halogens is 2. The summed E-state index contributed by atoms with van der Waals surface area (Å²) in [7, 11) is 0. The number of aromatic nitrogens is 3. The first-order valence-corrected chi connectivity index (χ1v) is 3.58. The topological polar surface area (TPSA) is 67.6 Å². The highest BCUT2D eigenvalue weighted by atomic mass is 35.5. The molecular weight excluding hydrogens is 223 g/mol. The van der Waals surface area contributed by atoms with E-state index in [0.29, 0.717) is 0 Å². The van der Waals surface area contributed by atoms with E-state index in [1.54, 1.807) is 6.20 Å². The molecule has 0 aliphatic heterocycles. The number of nitrogens with zero attached hydrogens (tertiary/aromatic N) is 2. The van der Waals surface area contributed by atoms with Crippen molar-refractivity contribution in [1.82, 2.24) is 15.4 Å². The lowest BCUT2D eigenvalue weighted by molar-refractivity contribution is 0.942. The Kier molecular flexibility index (Phi) is 4.97. The molecule has 1 aromatic heterocycles. The van der Waals surface area contributed by atoms with Gasteiger partial charge in [-0.1, -0.05) is 12.1 Å². The van der Waals surface area contributed by atoms with Crippen molar-refractivity contribution >= 4 is 30.5 Å². The Morgan fingerprint density at radius 3 is 2.21 bits per heavy atom. The highest BCUT2D eigenvalue weighted by Gasteiger charge is 1.98. The van der Waals surface area contributed by atoms with Crippen LogP contribution >= 0.6 is 24.8 Å². The molecule has 0 unspecified atom stereocenters. The van der Waals surface area contributed by atoms with Gasteiger partial charge in [0.1, 0.15) is 5.69 Å². The van der Waals surface area contributed by atoms with E-state index < -0.39 is 0 Å². The van der Waals surface area contributed by atoms with Gasteiger partial charge in [-0.15, -0.1) is 24.8 Å². The molecule has 3 N–H and O–H groups in total. The molecule has 0 amide bonds. The van der Waals surface area contributed by atoms with Gasteiger partial charge < -0.3 is 5.73 Å². The molecule has 0 atom stereocenters. The Balaban J connectivity index is 0.000000845. The van der Waals surface area contributed by atoms with Crippen LogP contribution in [0.3, 0.4) is 0 Å². The number of nitrogen functional groups attached to an aromatic ring is 1. The first-order valence-electron chi connectivity index (χ1n) is 3.58. The number of hydrogen-bond acceptors (Lipinski definition) is 3. The molecule has 6 heteroatoms. The Morgan fingerprint density at radius 1 is 1.07 bits per heavy atom. The monoisotopic (exact) mass is 232 g/mol. The molecule has 0 aliphatic carbocycles. The van der Waals surface area contributed by atoms with Crippen molar-refractivity contribution < 1.29 is 0 Å². The molecule has 4 nitrogen and oxygen atoms in total. The van der Waals surface area contributed by atoms with Crippen LogP contribution in [0.1, 0.15) is 0 Å². The molecule has 0 saturated carbocycles. The summed E-state index contributed by atoms with van der Waals surface area (Å²) in [6.45, 7) is 0. The molecule has 0 radical (unpaired) electrons. The third-order valence-electron chi connectivity index (χ3n) is 1.62. The fourth-order valence-electron chi connectivity index (χ4n) is 0.995. The van der Waals surface area contributed by atoms with Crippen LogP contribution < -0.4 is 5.73 Å². The quantitative estimate of drug-likeness (QED) is 0.739. The van der Waals surface area contributed by atoms with Gasteiger partial charge in [-0.05, 0) is 12.1 Å². The van der Waals surface area contributed by atoms with Gasteiger partial charge in [0.05, 0.1) is 6.20 Å². The average molecular weight is 233 g/mol. The van der Waals surface area contributed by atoms with Crippen molar-refractivity contribution in [3.05, 3.63) is 30.5 Å². The van der Waals surface area contributed by atoms with E-state index in [-0.39, 0.29) is 24.8 Å². The zero-order valence-corrected chi connectivity index (χ0v) is 8.81. The second-order valence-corrected chi connectivity index (χ2v) is 2.48. The SMILES string of the molecule is Cl.Cl.Nc1ccc(-c2cn[nH]n2)cc1. The number of rotatable bonds is 1. The second-order valence-electron chi connectivity index (χ2n) is 2.48. The van der Waals surface area contributed by atoms with Crippen molar-refractivity contribution in [3.63, 3.8) is 0 Å². The summed E-state index contributed by atoms with van der Waals surface area (Å²) in [6.07, 6.45) is 1.67. The van der Waals surface area contributed by atoms with Crippen LogP contribution in [0.4, 0.5) is 5.69 Å². The third-order valence-corrected chi connectivity index (χ3v) is 1.62. The first kappa shape index (κ1) is 12.7. The second kappa shape index (κ2) is 5.47. The Morgan fingerprint density at radius 2 is 1.71 bits per heavy atom. The summed E-state index contributed by atoms with van der Waals surface area (Å²) in [5, 5.41) is 10.2. The van der Waals surface area contributed by atoms with Crippen molar-refractivity contribution in [2.24, 2.45) is 0 Å². The van der Waals surface area contributed by atoms with Crippen LogP contribution in [-0.4, -0.2) is 15.4 Å². The number of H-pyrrole nitrogens is 1. The molecule has 1 aromatic carbocycles. The van der Waals surface area contributed by atoms with Crippen molar-refractivity contribution in [2.45, 2.75) is 0 Å². The Bertz CT molecular complexity index is 357. The lowest BCUT2D eigenvalue weighted by Crippen LogP contribution is -1.83. The smallest absolute Gasteiger partial charge is 0.112 e. The van der Waals surface area contributed by atoms with Crippen LogP contribution in [0, 0.1) is 0 Å². The minimum atomic E-state index is 0. The normalized spacial score (nSPS) is 8.57. The van der Waals surface area contributed by atoms with E-state index in [0.717, 1.165) is 16.9 Å². The van der Waals surface area contributed by atoms with Gasteiger partial charge in [0.15, 0.2) is 0 Å². The van der Waals surface area contributed by atoms with E-state index in [4.69, 9.17) is 5.73 Å². The number of nitrogens with one attached hydrogen (secondary N) is 1. The number of anilines is 1. The summed E-state index contributed by atoms with van der Waals surface area (Å²) in [5.74, 6) is 0. The molecule has 0 saturated heterocycles. The van der Waals surface area contributed by atoms with Crippen LogP contribution in [0.25, 0.3) is 11.3 Å². The Labute approximate surface area is 93.7 Å². The molecule has 0 fully saturated rings. The van der Waals surface area contributed by atoms with E-state index in [1.165, 1.54) is 0 Å². The fourth-order valence-corrected chi connectivity index (χ4v) is 0.995. The maximum Gasteiger partial charge on any atom is 0.112 e. The predicted octanol–water partition coefficient (Wildman–Crippen LogP) is 1.90. The van der Waals surface area contributed by atoms with E-state index >= 15 is 0 Å². The minimum absolute atomic E-state index is 0. The van der Waals surface area contributed by atoms with Gasteiger partial charge in [0, 0.05) is 11.3 Å². The molecule has 76 valence electrons. The molecule has 0 aliphatic rings. The van der Waals surface area contributed by atoms with Gasteiger partial charge in [0.25, 0.3) is 0 Å². The van der Waals surface area contributed by atoms with Crippen LogP contribution in [0.2, 0.25) is 0 Å². The molecule has 2 rings (SSSR count). The van der Waals surface area contributed by atoms with Crippen LogP contribution in [0.5, 0.6) is 0 Å². The highest BCUT2D eigenvalue weighted by Crippen LogP contribution is 2.16.